The quantitative estimate of drug-likeness (QED) is 0.0890. The molecule has 4 unspecified atom stereocenters. The molecule has 4 atom stereocenters. The van der Waals surface area contributed by atoms with Crippen LogP contribution in [0.2, 0.25) is 0 Å². The zero-order chi connectivity index (χ0) is 25.4. The minimum absolute atomic E-state index is 0.00463. The van der Waals surface area contributed by atoms with Gasteiger partial charge >= 0.3 is 5.97 Å². The number of thiol groups is 1. The predicted octanol–water partition coefficient (Wildman–Crippen LogP) is -0.913. The number of nitrogens with two attached hydrogens (primary N) is 3. The fraction of sp³-hybridized carbons (Fsp3) is 0.810. The maximum absolute atomic E-state index is 12.8. The molecular formula is C21H42N6O5S. The number of carboxylic acid groups (broad SMARTS) is 1. The zero-order valence-corrected chi connectivity index (χ0v) is 20.6. The monoisotopic (exact) mass is 490 g/mol. The molecule has 0 heterocycles. The van der Waals surface area contributed by atoms with Crippen molar-refractivity contribution in [2.75, 3.05) is 18.8 Å². The molecule has 0 radical (unpaired) electrons. The molecule has 0 aliphatic carbocycles. The molecule has 0 saturated carbocycles. The van der Waals surface area contributed by atoms with Crippen LogP contribution >= 0.6 is 12.6 Å². The molecule has 0 spiro atoms. The summed E-state index contributed by atoms with van der Waals surface area (Å²) in [6.45, 7) is 4.63. The van der Waals surface area contributed by atoms with E-state index in [-0.39, 0.29) is 24.5 Å². The van der Waals surface area contributed by atoms with E-state index in [9.17, 15) is 24.3 Å². The summed E-state index contributed by atoms with van der Waals surface area (Å²) >= 11 is 4.14. The summed E-state index contributed by atoms with van der Waals surface area (Å²) in [4.78, 5) is 49.4. The second kappa shape index (κ2) is 17.6. The fourth-order valence-electron chi connectivity index (χ4n) is 3.11. The van der Waals surface area contributed by atoms with Crippen LogP contribution in [0.5, 0.6) is 0 Å². The third-order valence-electron chi connectivity index (χ3n) is 5.02. The average Bonchev–Trinajstić information content (AvgIpc) is 2.75. The highest BCUT2D eigenvalue weighted by Gasteiger charge is 2.29. The molecule has 0 aliphatic rings. The topological polar surface area (TPSA) is 203 Å². The number of hydrogen-bond donors (Lipinski definition) is 8. The van der Waals surface area contributed by atoms with E-state index in [0.717, 1.165) is 6.42 Å². The molecule has 12 heteroatoms. The van der Waals surface area contributed by atoms with Crippen LogP contribution in [-0.2, 0) is 19.2 Å². The van der Waals surface area contributed by atoms with Gasteiger partial charge in [-0.3, -0.25) is 14.4 Å². The van der Waals surface area contributed by atoms with Crippen LogP contribution in [0.4, 0.5) is 0 Å². The van der Waals surface area contributed by atoms with Crippen molar-refractivity contribution >= 4 is 36.3 Å². The second-order valence-electron chi connectivity index (χ2n) is 8.51. The first kappa shape index (κ1) is 31.1. The van der Waals surface area contributed by atoms with Crippen molar-refractivity contribution in [2.24, 2.45) is 23.1 Å². The SMILES string of the molecule is CC(C)CC(NC(=O)C(CCCCN)NC(=O)C(CS)NC(=O)C(N)CCCCN)C(=O)O. The Kier molecular flexibility index (Phi) is 16.6. The summed E-state index contributed by atoms with van der Waals surface area (Å²) in [6.07, 6.45) is 3.58. The van der Waals surface area contributed by atoms with E-state index in [1.807, 2.05) is 13.8 Å². The zero-order valence-electron chi connectivity index (χ0n) is 19.7. The fourth-order valence-corrected chi connectivity index (χ4v) is 3.37. The third-order valence-corrected chi connectivity index (χ3v) is 5.39. The number of carbonyl (C=O) groups excluding carboxylic acids is 3. The molecule has 10 N–H and O–H groups in total. The summed E-state index contributed by atoms with van der Waals surface area (Å²) in [6, 6.07) is -3.84. The van der Waals surface area contributed by atoms with Gasteiger partial charge in [0.05, 0.1) is 6.04 Å². The first-order valence-electron chi connectivity index (χ1n) is 11.5. The van der Waals surface area contributed by atoms with Crippen molar-refractivity contribution in [1.29, 1.82) is 0 Å². The summed E-state index contributed by atoms with van der Waals surface area (Å²) in [5.74, 6) is -2.79. The van der Waals surface area contributed by atoms with E-state index in [4.69, 9.17) is 17.2 Å². The molecule has 0 aromatic carbocycles. The maximum atomic E-state index is 12.8. The molecule has 0 rings (SSSR count). The van der Waals surface area contributed by atoms with Crippen LogP contribution in [0.25, 0.3) is 0 Å². The number of carbonyl (C=O) groups is 4. The largest absolute Gasteiger partial charge is 0.480 e. The smallest absolute Gasteiger partial charge is 0.326 e. The van der Waals surface area contributed by atoms with Crippen LogP contribution in [0.1, 0.15) is 58.8 Å². The Morgan fingerprint density at radius 2 is 1.27 bits per heavy atom. The lowest BCUT2D eigenvalue weighted by Gasteiger charge is -2.25. The summed E-state index contributed by atoms with van der Waals surface area (Å²) in [7, 11) is 0. The number of unbranched alkanes of at least 4 members (excludes halogenated alkanes) is 2. The number of rotatable bonds is 18. The Morgan fingerprint density at radius 3 is 1.76 bits per heavy atom. The Bertz CT molecular complexity index is 622. The highest BCUT2D eigenvalue weighted by atomic mass is 32.1. The van der Waals surface area contributed by atoms with Gasteiger partial charge in [0, 0.05) is 5.75 Å². The lowest BCUT2D eigenvalue weighted by atomic mass is 10.0. The van der Waals surface area contributed by atoms with Crippen LogP contribution in [-0.4, -0.2) is 71.8 Å². The Morgan fingerprint density at radius 1 is 0.788 bits per heavy atom. The molecular weight excluding hydrogens is 448 g/mol. The van der Waals surface area contributed by atoms with E-state index >= 15 is 0 Å². The molecule has 11 nitrogen and oxygen atoms in total. The van der Waals surface area contributed by atoms with Gasteiger partial charge in [-0.2, -0.15) is 12.6 Å². The predicted molar refractivity (Wildman–Crippen MR) is 131 cm³/mol. The van der Waals surface area contributed by atoms with Crippen molar-refractivity contribution in [3.05, 3.63) is 0 Å². The normalized spacial score (nSPS) is 14.8. The van der Waals surface area contributed by atoms with Crippen LogP contribution < -0.4 is 33.2 Å². The van der Waals surface area contributed by atoms with Gasteiger partial charge in [-0.1, -0.05) is 20.3 Å². The number of amides is 3. The van der Waals surface area contributed by atoms with Crippen LogP contribution in [0.3, 0.4) is 0 Å². The van der Waals surface area contributed by atoms with Crippen LogP contribution in [0, 0.1) is 5.92 Å². The molecule has 0 aliphatic heterocycles. The highest BCUT2D eigenvalue weighted by molar-refractivity contribution is 7.80. The molecule has 0 aromatic rings. The lowest BCUT2D eigenvalue weighted by molar-refractivity contribution is -0.142. The average molecular weight is 491 g/mol. The van der Waals surface area contributed by atoms with Crippen molar-refractivity contribution in [1.82, 2.24) is 16.0 Å². The highest BCUT2D eigenvalue weighted by Crippen LogP contribution is 2.08. The van der Waals surface area contributed by atoms with Gasteiger partial charge in [-0.25, -0.2) is 4.79 Å². The first-order chi connectivity index (χ1) is 15.6. The van der Waals surface area contributed by atoms with Gasteiger partial charge in [-0.15, -0.1) is 0 Å². The van der Waals surface area contributed by atoms with Crippen molar-refractivity contribution in [3.8, 4) is 0 Å². The van der Waals surface area contributed by atoms with Gasteiger partial charge in [0.2, 0.25) is 17.7 Å². The van der Waals surface area contributed by atoms with E-state index in [2.05, 4.69) is 28.6 Å². The van der Waals surface area contributed by atoms with Gasteiger partial charge in [0.15, 0.2) is 0 Å². The molecule has 33 heavy (non-hydrogen) atoms. The molecule has 192 valence electrons. The van der Waals surface area contributed by atoms with E-state index in [0.29, 0.717) is 38.8 Å². The summed E-state index contributed by atoms with van der Waals surface area (Å²) in [5, 5.41) is 17.1. The van der Waals surface area contributed by atoms with Crippen molar-refractivity contribution in [3.63, 3.8) is 0 Å². The lowest BCUT2D eigenvalue weighted by Crippen LogP contribution is -2.57. The summed E-state index contributed by atoms with van der Waals surface area (Å²) < 4.78 is 0. The Hall–Kier alpha value is -1.89. The maximum Gasteiger partial charge on any atom is 0.326 e. The van der Waals surface area contributed by atoms with Gasteiger partial charge < -0.3 is 38.3 Å². The van der Waals surface area contributed by atoms with E-state index < -0.39 is 47.9 Å². The minimum Gasteiger partial charge on any atom is -0.480 e. The number of carboxylic acids is 1. The van der Waals surface area contributed by atoms with Crippen molar-refractivity contribution < 1.29 is 24.3 Å². The molecule has 0 fully saturated rings. The number of aliphatic carboxylic acids is 1. The molecule has 0 aromatic heterocycles. The van der Waals surface area contributed by atoms with Crippen LogP contribution in [0.15, 0.2) is 0 Å². The van der Waals surface area contributed by atoms with Gasteiger partial charge in [0.1, 0.15) is 18.1 Å². The second-order valence-corrected chi connectivity index (χ2v) is 8.87. The Labute approximate surface area is 201 Å². The minimum atomic E-state index is -1.15. The standard InChI is InChI=1S/C21H42N6O5S/c1-13(2)11-16(21(31)32)26-19(29)15(8-4-6-10-23)25-20(30)17(12-33)27-18(28)14(24)7-3-5-9-22/h13-17,33H,3-12,22-24H2,1-2H3,(H,25,30)(H,26,29)(H,27,28)(H,31,32). The van der Waals surface area contributed by atoms with Gasteiger partial charge in [-0.05, 0) is 57.5 Å². The third kappa shape index (κ3) is 13.4. The number of hydrogen-bond acceptors (Lipinski definition) is 8. The molecule has 3 amide bonds. The molecule has 0 bridgehead atoms. The summed E-state index contributed by atoms with van der Waals surface area (Å²) in [5.41, 5.74) is 16.8. The van der Waals surface area contributed by atoms with E-state index in [1.165, 1.54) is 0 Å². The van der Waals surface area contributed by atoms with Gasteiger partial charge in [0.25, 0.3) is 0 Å². The first-order valence-corrected chi connectivity index (χ1v) is 12.1. The Balaban J connectivity index is 5.19. The number of nitrogens with one attached hydrogen (secondary N) is 3. The van der Waals surface area contributed by atoms with E-state index in [1.54, 1.807) is 0 Å². The molecule has 0 saturated heterocycles. The van der Waals surface area contributed by atoms with Crippen molar-refractivity contribution in [2.45, 2.75) is 83.0 Å².